The fourth-order valence-corrected chi connectivity index (χ4v) is 6.47. The van der Waals surface area contributed by atoms with Crippen LogP contribution in [0.3, 0.4) is 0 Å². The number of nitriles is 1. The third-order valence-corrected chi connectivity index (χ3v) is 9.55. The molecular formula is C42H45ClN8O7. The van der Waals surface area contributed by atoms with Crippen LogP contribution in [0.1, 0.15) is 34.5 Å². The van der Waals surface area contributed by atoms with Gasteiger partial charge in [0.05, 0.1) is 12.6 Å². The van der Waals surface area contributed by atoms with E-state index in [4.69, 9.17) is 37.8 Å². The Balaban J connectivity index is 1.53. The van der Waals surface area contributed by atoms with Crippen molar-refractivity contribution in [3.8, 4) is 39.8 Å². The Kier molecular flexibility index (Phi) is 14.8. The number of carbonyl (C=O) groups is 5. The summed E-state index contributed by atoms with van der Waals surface area (Å²) in [6.45, 7) is 1.41. The molecule has 0 aliphatic carbocycles. The van der Waals surface area contributed by atoms with Crippen LogP contribution in [0.5, 0.6) is 11.5 Å². The normalized spacial score (nSPS) is 16.4. The van der Waals surface area contributed by atoms with Gasteiger partial charge in [0, 0.05) is 48.3 Å². The van der Waals surface area contributed by atoms with Gasteiger partial charge < -0.3 is 47.1 Å². The Hall–Kier alpha value is -6.47. The molecule has 0 saturated heterocycles. The number of likely N-dealkylation sites (N-methyl/N-ethyl adjacent to an activating group) is 1. The number of nitrogens with one attached hydrogen (secondary N) is 4. The van der Waals surface area contributed by atoms with Crippen LogP contribution in [-0.4, -0.2) is 93.0 Å². The quantitative estimate of drug-likeness (QED) is 0.108. The van der Waals surface area contributed by atoms with Crippen molar-refractivity contribution in [2.75, 3.05) is 46.4 Å². The molecule has 5 rings (SSSR count). The zero-order chi connectivity index (χ0) is 41.8. The number of halogens is 1. The van der Waals surface area contributed by atoms with Crippen molar-refractivity contribution in [1.82, 2.24) is 26.2 Å². The van der Waals surface area contributed by atoms with Gasteiger partial charge in [0.2, 0.25) is 23.6 Å². The van der Waals surface area contributed by atoms with Crippen molar-refractivity contribution in [3.63, 3.8) is 0 Å². The fraction of sp³-hybridized carbons (Fsp3) is 0.286. The number of ether oxygens (including phenoxy) is 2. The van der Waals surface area contributed by atoms with E-state index in [1.165, 1.54) is 18.9 Å². The van der Waals surface area contributed by atoms with Gasteiger partial charge in [0.1, 0.15) is 49.4 Å². The van der Waals surface area contributed by atoms with E-state index in [2.05, 4.69) is 21.3 Å². The standard InChI is InChI=1S/C42H45ClN8O7/c1-25-39(53)50-34(41(55)47-17-14-44)21-26-6-12-35(57-18-15-45)32(20-26)33-23-29(9-13-36(33)58-19-16-46)38(42(56)49-25)51(2)37(52)24-48-40(54)30-5-3-4-28(22-30)27-7-10-31(43)11-8-27/h3-13,20,22-23,25,34,38H,15-19,21,24,45-46H2,1-2H3,(H,47,55)(H,48,54)(H,49,56)(H,50,53)/t25-,34?,38?/m0/s1. The smallest absolute Gasteiger partial charge is 0.251 e. The van der Waals surface area contributed by atoms with E-state index in [1.807, 2.05) is 24.3 Å². The molecule has 3 atom stereocenters. The van der Waals surface area contributed by atoms with Gasteiger partial charge in [0.25, 0.3) is 5.91 Å². The molecule has 5 amide bonds. The Morgan fingerprint density at radius 1 is 0.862 bits per heavy atom. The van der Waals surface area contributed by atoms with Gasteiger partial charge in [-0.2, -0.15) is 5.26 Å². The highest BCUT2D eigenvalue weighted by Crippen LogP contribution is 2.40. The monoisotopic (exact) mass is 808 g/mol. The highest BCUT2D eigenvalue weighted by atomic mass is 35.5. The zero-order valence-corrected chi connectivity index (χ0v) is 32.8. The predicted octanol–water partition coefficient (Wildman–Crippen LogP) is 2.46. The summed E-state index contributed by atoms with van der Waals surface area (Å²) in [6.07, 6.45) is 0.0174. The molecule has 0 radical (unpaired) electrons. The SMILES string of the molecule is C[C@@H]1NC(=O)C(N(C)C(=O)CNC(=O)c2cccc(-c3ccc(Cl)cc3)c2)c2ccc(OCCN)c(c2)-c2cc(ccc2OCCN)CC(C(=O)NCC#N)NC1=O. The van der Waals surface area contributed by atoms with E-state index in [0.717, 1.165) is 11.1 Å². The van der Waals surface area contributed by atoms with Crippen LogP contribution in [0.15, 0.2) is 84.9 Å². The van der Waals surface area contributed by atoms with Crippen LogP contribution in [-0.2, 0) is 25.6 Å². The molecule has 1 aliphatic heterocycles. The van der Waals surface area contributed by atoms with Crippen LogP contribution < -0.4 is 42.2 Å². The van der Waals surface area contributed by atoms with Crippen molar-refractivity contribution < 1.29 is 33.4 Å². The third-order valence-electron chi connectivity index (χ3n) is 9.30. The van der Waals surface area contributed by atoms with Crippen molar-refractivity contribution in [2.45, 2.75) is 31.5 Å². The second kappa shape index (κ2) is 20.1. The van der Waals surface area contributed by atoms with Gasteiger partial charge in [-0.25, -0.2) is 0 Å². The number of carbonyl (C=O) groups excluding carboxylic acids is 5. The van der Waals surface area contributed by atoms with E-state index < -0.39 is 54.2 Å². The summed E-state index contributed by atoms with van der Waals surface area (Å²) < 4.78 is 12.1. The highest BCUT2D eigenvalue weighted by Gasteiger charge is 2.33. The van der Waals surface area contributed by atoms with Crippen molar-refractivity contribution in [1.29, 1.82) is 5.26 Å². The summed E-state index contributed by atoms with van der Waals surface area (Å²) in [7, 11) is 1.41. The Morgan fingerprint density at radius 2 is 1.53 bits per heavy atom. The lowest BCUT2D eigenvalue weighted by Gasteiger charge is -2.30. The molecule has 15 nitrogen and oxygen atoms in total. The minimum Gasteiger partial charge on any atom is -0.492 e. The Bertz CT molecular complexity index is 2190. The first-order valence-corrected chi connectivity index (χ1v) is 18.9. The van der Waals surface area contributed by atoms with Crippen LogP contribution >= 0.6 is 11.6 Å². The van der Waals surface area contributed by atoms with E-state index >= 15 is 0 Å². The van der Waals surface area contributed by atoms with Gasteiger partial charge in [-0.15, -0.1) is 0 Å². The van der Waals surface area contributed by atoms with Crippen LogP contribution in [0.25, 0.3) is 22.3 Å². The number of nitrogens with zero attached hydrogens (tertiary/aromatic N) is 2. The Morgan fingerprint density at radius 3 is 2.21 bits per heavy atom. The molecule has 0 aromatic heterocycles. The van der Waals surface area contributed by atoms with Gasteiger partial charge in [-0.05, 0) is 77.7 Å². The number of nitrogens with two attached hydrogens (primary N) is 2. The number of hydrogen-bond acceptors (Lipinski definition) is 10. The maximum absolute atomic E-state index is 14.3. The maximum Gasteiger partial charge on any atom is 0.251 e. The molecule has 302 valence electrons. The van der Waals surface area contributed by atoms with Gasteiger partial charge >= 0.3 is 0 Å². The summed E-state index contributed by atoms with van der Waals surface area (Å²) in [5.41, 5.74) is 15.5. The van der Waals surface area contributed by atoms with E-state index in [0.29, 0.717) is 44.3 Å². The topological polar surface area (TPSA) is 231 Å². The van der Waals surface area contributed by atoms with Crippen LogP contribution in [0.4, 0.5) is 0 Å². The molecule has 1 heterocycles. The molecule has 2 unspecified atom stereocenters. The second-order valence-electron chi connectivity index (χ2n) is 13.4. The van der Waals surface area contributed by atoms with Crippen LogP contribution in [0, 0.1) is 11.3 Å². The van der Waals surface area contributed by atoms with E-state index in [1.54, 1.807) is 66.7 Å². The van der Waals surface area contributed by atoms with Gasteiger partial charge in [-0.1, -0.05) is 48.0 Å². The largest absolute Gasteiger partial charge is 0.492 e. The first-order valence-electron chi connectivity index (χ1n) is 18.5. The number of benzene rings is 4. The molecule has 8 N–H and O–H groups in total. The summed E-state index contributed by atoms with van der Waals surface area (Å²) in [5, 5.41) is 20.2. The van der Waals surface area contributed by atoms with Crippen molar-refractivity contribution in [2.24, 2.45) is 11.5 Å². The zero-order valence-electron chi connectivity index (χ0n) is 32.0. The van der Waals surface area contributed by atoms with E-state index in [9.17, 15) is 24.0 Å². The minimum absolute atomic E-state index is 0.0174. The highest BCUT2D eigenvalue weighted by molar-refractivity contribution is 6.30. The molecule has 0 fully saturated rings. The average Bonchev–Trinajstić information content (AvgIpc) is 3.23. The first-order chi connectivity index (χ1) is 27.9. The maximum atomic E-state index is 14.3. The number of amides is 5. The van der Waals surface area contributed by atoms with E-state index in [-0.39, 0.29) is 39.3 Å². The lowest BCUT2D eigenvalue weighted by Crippen LogP contribution is -2.55. The third kappa shape index (κ3) is 10.7. The minimum atomic E-state index is -1.33. The molecule has 4 aromatic rings. The molecule has 1 aliphatic rings. The molecule has 16 heteroatoms. The lowest BCUT2D eigenvalue weighted by atomic mass is 9.93. The molecule has 58 heavy (non-hydrogen) atoms. The fourth-order valence-electron chi connectivity index (χ4n) is 6.34. The summed E-state index contributed by atoms with van der Waals surface area (Å²) >= 11 is 6.04. The molecule has 0 saturated carbocycles. The summed E-state index contributed by atoms with van der Waals surface area (Å²) in [4.78, 5) is 69.4. The molecule has 0 spiro atoms. The first kappa shape index (κ1) is 42.7. The Labute approximate surface area is 341 Å². The number of fused-ring (bicyclic) bond motifs is 5. The van der Waals surface area contributed by atoms with Crippen molar-refractivity contribution >= 4 is 41.1 Å². The predicted molar refractivity (Wildman–Crippen MR) is 218 cm³/mol. The van der Waals surface area contributed by atoms with Gasteiger partial charge in [0.15, 0.2) is 0 Å². The molecular weight excluding hydrogens is 764 g/mol. The number of hydrogen-bond donors (Lipinski definition) is 6. The average molecular weight is 809 g/mol. The summed E-state index contributed by atoms with van der Waals surface area (Å²) in [6, 6.07) is 22.4. The van der Waals surface area contributed by atoms with Crippen molar-refractivity contribution in [3.05, 3.63) is 107 Å². The molecule has 4 bridgehead atoms. The number of rotatable bonds is 13. The molecule has 4 aromatic carbocycles. The van der Waals surface area contributed by atoms with Gasteiger partial charge in [-0.3, -0.25) is 24.0 Å². The van der Waals surface area contributed by atoms with Crippen LogP contribution in [0.2, 0.25) is 5.02 Å². The second-order valence-corrected chi connectivity index (χ2v) is 13.8. The summed E-state index contributed by atoms with van der Waals surface area (Å²) in [5.74, 6) is -2.35. The lowest BCUT2D eigenvalue weighted by molar-refractivity contribution is -0.139.